The molecule has 2 rings (SSSR count). The maximum atomic E-state index is 13.5. The van der Waals surface area contributed by atoms with Crippen LogP contribution in [-0.4, -0.2) is 25.0 Å². The van der Waals surface area contributed by atoms with Crippen molar-refractivity contribution >= 4 is 23.6 Å². The molecule has 3 nitrogen and oxygen atoms in total. The van der Waals surface area contributed by atoms with E-state index < -0.39 is 0 Å². The second kappa shape index (κ2) is 7.79. The molecule has 5 heteroatoms. The number of rotatable bonds is 5. The predicted molar refractivity (Wildman–Crippen MR) is 89.9 cm³/mol. The van der Waals surface area contributed by atoms with Gasteiger partial charge in [0.2, 0.25) is 5.91 Å². The van der Waals surface area contributed by atoms with Gasteiger partial charge in [0, 0.05) is 35.8 Å². The molecular weight excluding hydrogens is 317 g/mol. The van der Waals surface area contributed by atoms with E-state index in [1.54, 1.807) is 50.6 Å². The van der Waals surface area contributed by atoms with E-state index in [1.807, 2.05) is 0 Å². The van der Waals surface area contributed by atoms with Crippen molar-refractivity contribution in [3.63, 3.8) is 0 Å². The quantitative estimate of drug-likeness (QED) is 0.769. The molecule has 0 heterocycles. The van der Waals surface area contributed by atoms with E-state index in [-0.39, 0.29) is 11.7 Å². The Bertz CT molecular complexity index is 731. The van der Waals surface area contributed by atoms with Crippen LogP contribution in [0.15, 0.2) is 48.5 Å². The Balaban J connectivity index is 2.09. The van der Waals surface area contributed by atoms with Crippen LogP contribution in [0.3, 0.4) is 0 Å². The molecule has 0 fully saturated rings. The zero-order valence-corrected chi connectivity index (χ0v) is 13.7. The lowest BCUT2D eigenvalue weighted by atomic mass is 10.1. The Labute approximate surface area is 139 Å². The fourth-order valence-electron chi connectivity index (χ4n) is 2.10. The molecule has 0 bridgehead atoms. The minimum atomic E-state index is -0.365. The monoisotopic (exact) mass is 333 g/mol. The molecule has 120 valence electrons. The Hall–Kier alpha value is -2.33. The molecule has 0 aliphatic carbocycles. The van der Waals surface area contributed by atoms with Gasteiger partial charge in [0.1, 0.15) is 11.6 Å². The molecule has 0 unspecified atom stereocenters. The molecule has 0 aromatic heterocycles. The molecule has 0 atom stereocenters. The summed E-state index contributed by atoms with van der Waals surface area (Å²) in [6.45, 7) is 0.337. The fraction of sp³-hybridized carbons (Fsp3) is 0.167. The van der Waals surface area contributed by atoms with Crippen molar-refractivity contribution in [2.75, 3.05) is 14.2 Å². The average Bonchev–Trinajstić information content (AvgIpc) is 2.54. The molecule has 0 saturated carbocycles. The second-order valence-corrected chi connectivity index (χ2v) is 5.44. The van der Waals surface area contributed by atoms with Crippen LogP contribution in [0, 0.1) is 5.82 Å². The van der Waals surface area contributed by atoms with Gasteiger partial charge in [-0.25, -0.2) is 4.39 Å². The third-order valence-electron chi connectivity index (χ3n) is 3.34. The number of methoxy groups -OCH3 is 1. The normalized spacial score (nSPS) is 10.8. The zero-order chi connectivity index (χ0) is 16.8. The molecule has 0 saturated heterocycles. The number of ether oxygens (including phenoxy) is 1. The Morgan fingerprint density at radius 3 is 2.74 bits per heavy atom. The van der Waals surface area contributed by atoms with Gasteiger partial charge >= 0.3 is 0 Å². The highest BCUT2D eigenvalue weighted by Crippen LogP contribution is 2.23. The maximum Gasteiger partial charge on any atom is 0.246 e. The highest BCUT2D eigenvalue weighted by atomic mass is 35.5. The van der Waals surface area contributed by atoms with Crippen LogP contribution >= 0.6 is 11.6 Å². The van der Waals surface area contributed by atoms with Gasteiger partial charge < -0.3 is 9.64 Å². The highest BCUT2D eigenvalue weighted by molar-refractivity contribution is 6.30. The van der Waals surface area contributed by atoms with Crippen molar-refractivity contribution in [1.82, 2.24) is 4.90 Å². The number of hydrogen-bond donors (Lipinski definition) is 0. The average molecular weight is 334 g/mol. The van der Waals surface area contributed by atoms with Crippen LogP contribution in [0.2, 0.25) is 5.02 Å². The maximum absolute atomic E-state index is 13.5. The number of halogens is 2. The number of carbonyl (C=O) groups is 1. The van der Waals surface area contributed by atoms with E-state index in [1.165, 1.54) is 23.1 Å². The molecule has 1 amide bonds. The smallest absolute Gasteiger partial charge is 0.246 e. The molecule has 2 aromatic carbocycles. The van der Waals surface area contributed by atoms with E-state index in [0.717, 1.165) is 5.56 Å². The van der Waals surface area contributed by atoms with Gasteiger partial charge in [-0.15, -0.1) is 0 Å². The topological polar surface area (TPSA) is 29.5 Å². The van der Waals surface area contributed by atoms with Crippen LogP contribution in [0.4, 0.5) is 4.39 Å². The molecule has 0 N–H and O–H groups in total. The standard InChI is InChI=1S/C18H17ClFNO2/c1-21(12-14-11-15(19)8-9-17(14)23-2)18(22)10-7-13-5-3-4-6-16(13)20/h3-11H,12H2,1-2H3/b10-7+. The first kappa shape index (κ1) is 17.0. The first-order valence-corrected chi connectivity index (χ1v) is 7.39. The first-order valence-electron chi connectivity index (χ1n) is 7.01. The molecule has 23 heavy (non-hydrogen) atoms. The van der Waals surface area contributed by atoms with Gasteiger partial charge in [-0.05, 0) is 30.3 Å². The van der Waals surface area contributed by atoms with E-state index in [2.05, 4.69) is 0 Å². The molecule has 0 aliphatic rings. The first-order chi connectivity index (χ1) is 11.0. The largest absolute Gasteiger partial charge is 0.496 e. The van der Waals surface area contributed by atoms with Crippen molar-refractivity contribution in [1.29, 1.82) is 0 Å². The minimum absolute atomic E-state index is 0.240. The summed E-state index contributed by atoms with van der Waals surface area (Å²) in [5, 5.41) is 0.573. The summed E-state index contributed by atoms with van der Waals surface area (Å²) in [5.74, 6) is 0.0538. The van der Waals surface area contributed by atoms with Crippen LogP contribution in [-0.2, 0) is 11.3 Å². The molecule has 0 aliphatic heterocycles. The van der Waals surface area contributed by atoms with Crippen molar-refractivity contribution < 1.29 is 13.9 Å². The molecule has 2 aromatic rings. The van der Waals surface area contributed by atoms with Gasteiger partial charge in [-0.3, -0.25) is 4.79 Å². The summed E-state index contributed by atoms with van der Waals surface area (Å²) in [6.07, 6.45) is 2.80. The van der Waals surface area contributed by atoms with Crippen LogP contribution in [0.5, 0.6) is 5.75 Å². The van der Waals surface area contributed by atoms with E-state index in [0.29, 0.717) is 22.9 Å². The Morgan fingerprint density at radius 1 is 1.30 bits per heavy atom. The summed E-state index contributed by atoms with van der Waals surface area (Å²) in [5.41, 5.74) is 1.17. The number of benzene rings is 2. The molecule has 0 radical (unpaired) electrons. The van der Waals surface area contributed by atoms with Gasteiger partial charge in [0.15, 0.2) is 0 Å². The van der Waals surface area contributed by atoms with Crippen LogP contribution < -0.4 is 4.74 Å². The minimum Gasteiger partial charge on any atom is -0.496 e. The lowest BCUT2D eigenvalue weighted by molar-refractivity contribution is -0.125. The summed E-state index contributed by atoms with van der Waals surface area (Å²) in [6, 6.07) is 11.5. The third-order valence-corrected chi connectivity index (χ3v) is 3.57. The van der Waals surface area contributed by atoms with Gasteiger partial charge in [-0.1, -0.05) is 29.8 Å². The lowest BCUT2D eigenvalue weighted by Crippen LogP contribution is -2.24. The van der Waals surface area contributed by atoms with Gasteiger partial charge in [0.05, 0.1) is 7.11 Å². The van der Waals surface area contributed by atoms with Crippen LogP contribution in [0.25, 0.3) is 6.08 Å². The number of likely N-dealkylation sites (N-methyl/N-ethyl adjacent to an activating group) is 1. The highest BCUT2D eigenvalue weighted by Gasteiger charge is 2.10. The van der Waals surface area contributed by atoms with Crippen LogP contribution in [0.1, 0.15) is 11.1 Å². The summed E-state index contributed by atoms with van der Waals surface area (Å²) in [7, 11) is 3.22. The van der Waals surface area contributed by atoms with Gasteiger partial charge in [-0.2, -0.15) is 0 Å². The predicted octanol–water partition coefficient (Wildman–Crippen LogP) is 4.16. The van der Waals surface area contributed by atoms with Crippen molar-refractivity contribution in [2.24, 2.45) is 0 Å². The molecule has 0 spiro atoms. The summed E-state index contributed by atoms with van der Waals surface area (Å²) >= 11 is 5.98. The fourth-order valence-corrected chi connectivity index (χ4v) is 2.30. The zero-order valence-electron chi connectivity index (χ0n) is 12.9. The van der Waals surface area contributed by atoms with E-state index in [4.69, 9.17) is 16.3 Å². The van der Waals surface area contributed by atoms with E-state index >= 15 is 0 Å². The van der Waals surface area contributed by atoms with Crippen molar-refractivity contribution in [3.05, 3.63) is 70.5 Å². The number of nitrogens with zero attached hydrogens (tertiary/aromatic N) is 1. The third kappa shape index (κ3) is 4.57. The Kier molecular flexibility index (Phi) is 5.77. The van der Waals surface area contributed by atoms with Gasteiger partial charge in [0.25, 0.3) is 0 Å². The summed E-state index contributed by atoms with van der Waals surface area (Å²) < 4.78 is 18.8. The summed E-state index contributed by atoms with van der Waals surface area (Å²) in [4.78, 5) is 13.7. The molecular formula is C18H17ClFNO2. The van der Waals surface area contributed by atoms with Crippen molar-refractivity contribution in [2.45, 2.75) is 6.54 Å². The number of hydrogen-bond acceptors (Lipinski definition) is 2. The Morgan fingerprint density at radius 2 is 2.04 bits per heavy atom. The second-order valence-electron chi connectivity index (χ2n) is 5.01. The number of amides is 1. The number of carbonyl (C=O) groups excluding carboxylic acids is 1. The lowest BCUT2D eigenvalue weighted by Gasteiger charge is -2.17. The van der Waals surface area contributed by atoms with E-state index in [9.17, 15) is 9.18 Å². The van der Waals surface area contributed by atoms with Crippen molar-refractivity contribution in [3.8, 4) is 5.75 Å². The SMILES string of the molecule is COc1ccc(Cl)cc1CN(C)C(=O)/C=C/c1ccccc1F.